The third kappa shape index (κ3) is 4.36. The molecule has 0 amide bonds. The van der Waals surface area contributed by atoms with E-state index in [1.807, 2.05) is 6.92 Å². The van der Waals surface area contributed by atoms with E-state index in [1.54, 1.807) is 0 Å². The average Bonchev–Trinajstić information content (AvgIpc) is 2.18. The molecule has 0 saturated carbocycles. The molecule has 1 aliphatic rings. The van der Waals surface area contributed by atoms with Crippen LogP contribution < -0.4 is 0 Å². The second-order valence-corrected chi connectivity index (χ2v) is 3.80. The fraction of sp³-hybridized carbons (Fsp3) is 0.750. The van der Waals surface area contributed by atoms with Crippen LogP contribution in [-0.4, -0.2) is 18.7 Å². The van der Waals surface area contributed by atoms with Crippen LogP contribution in [0.5, 0.6) is 0 Å². The summed E-state index contributed by atoms with van der Waals surface area (Å²) in [4.78, 5) is 11.2. The third-order valence-corrected chi connectivity index (χ3v) is 2.45. The normalized spacial score (nSPS) is 20.8. The Kier molecular flexibility index (Phi) is 5.22. The summed E-state index contributed by atoms with van der Waals surface area (Å²) in [6, 6.07) is 0. The van der Waals surface area contributed by atoms with E-state index in [0.717, 1.165) is 25.0 Å². The number of hydrogen-bond acceptors (Lipinski definition) is 3. The molecule has 1 rings (SSSR count). The van der Waals surface area contributed by atoms with Gasteiger partial charge in [0.25, 0.3) is 0 Å². The predicted molar refractivity (Wildman–Crippen MR) is 58.3 cm³/mol. The van der Waals surface area contributed by atoms with Gasteiger partial charge in [0.05, 0.1) is 12.7 Å². The average molecular weight is 212 g/mol. The van der Waals surface area contributed by atoms with E-state index < -0.39 is 0 Å². The number of unbranched alkanes of at least 4 members (excludes halogenated alkanes) is 2. The maximum atomic E-state index is 11.2. The number of cyclic esters (lactones) is 1. The highest BCUT2D eigenvalue weighted by Crippen LogP contribution is 2.20. The number of esters is 1. The van der Waals surface area contributed by atoms with E-state index in [-0.39, 0.29) is 12.1 Å². The van der Waals surface area contributed by atoms with Gasteiger partial charge in [-0.15, -0.1) is 0 Å². The Morgan fingerprint density at radius 1 is 1.47 bits per heavy atom. The molecule has 1 unspecified atom stereocenters. The molecular weight excluding hydrogens is 192 g/mol. The van der Waals surface area contributed by atoms with Gasteiger partial charge in [-0.3, -0.25) is 0 Å². The van der Waals surface area contributed by atoms with Crippen molar-refractivity contribution >= 4 is 5.97 Å². The molecule has 3 nitrogen and oxygen atoms in total. The van der Waals surface area contributed by atoms with E-state index in [9.17, 15) is 4.79 Å². The van der Waals surface area contributed by atoms with Gasteiger partial charge in [-0.25, -0.2) is 4.79 Å². The first kappa shape index (κ1) is 12.1. The predicted octanol–water partition coefficient (Wildman–Crippen LogP) is 2.80. The first-order valence-electron chi connectivity index (χ1n) is 5.80. The van der Waals surface area contributed by atoms with Crippen LogP contribution in [0.3, 0.4) is 0 Å². The van der Waals surface area contributed by atoms with E-state index in [2.05, 4.69) is 6.92 Å². The lowest BCUT2D eigenvalue weighted by Gasteiger charge is -2.22. The molecule has 0 aliphatic carbocycles. The lowest BCUT2D eigenvalue weighted by Crippen LogP contribution is -2.23. The molecule has 0 fully saturated rings. The van der Waals surface area contributed by atoms with Gasteiger partial charge in [-0.1, -0.05) is 19.8 Å². The second kappa shape index (κ2) is 6.49. The summed E-state index contributed by atoms with van der Waals surface area (Å²) >= 11 is 0. The summed E-state index contributed by atoms with van der Waals surface area (Å²) in [5.74, 6) is 0.515. The Morgan fingerprint density at radius 2 is 2.27 bits per heavy atom. The summed E-state index contributed by atoms with van der Waals surface area (Å²) in [5, 5.41) is 0. The van der Waals surface area contributed by atoms with Crippen LogP contribution in [0, 0.1) is 0 Å². The molecule has 0 aromatic carbocycles. The summed E-state index contributed by atoms with van der Waals surface area (Å²) in [5.41, 5.74) is 0. The Hall–Kier alpha value is -0.990. The Morgan fingerprint density at radius 3 is 2.93 bits per heavy atom. The molecular formula is C12H20O3. The standard InChI is InChI=1S/C12H20O3/c1-3-5-6-7-10-8-11(14-4-2)9-12(13)15-10/h9-10H,3-8H2,1-2H3. The number of carbonyl (C=O) groups is 1. The maximum absolute atomic E-state index is 11.2. The Balaban J connectivity index is 2.36. The molecule has 0 N–H and O–H groups in total. The van der Waals surface area contributed by atoms with Gasteiger partial charge in [0, 0.05) is 6.42 Å². The summed E-state index contributed by atoms with van der Waals surface area (Å²) in [6.45, 7) is 4.70. The molecule has 0 spiro atoms. The minimum atomic E-state index is -0.258. The minimum absolute atomic E-state index is 0.0237. The van der Waals surface area contributed by atoms with Crippen LogP contribution in [0.4, 0.5) is 0 Å². The number of ether oxygens (including phenoxy) is 2. The highest BCUT2D eigenvalue weighted by molar-refractivity contribution is 5.83. The molecule has 15 heavy (non-hydrogen) atoms. The van der Waals surface area contributed by atoms with Crippen molar-refractivity contribution in [1.29, 1.82) is 0 Å². The van der Waals surface area contributed by atoms with Crippen LogP contribution >= 0.6 is 0 Å². The molecule has 0 aromatic heterocycles. The Bertz CT molecular complexity index is 233. The van der Waals surface area contributed by atoms with Crippen LogP contribution in [0.15, 0.2) is 11.8 Å². The molecule has 0 aromatic rings. The monoisotopic (exact) mass is 212 g/mol. The molecule has 0 bridgehead atoms. The summed E-state index contributed by atoms with van der Waals surface area (Å²) in [6.07, 6.45) is 6.67. The van der Waals surface area contributed by atoms with Crippen LogP contribution in [0.25, 0.3) is 0 Å². The van der Waals surface area contributed by atoms with Gasteiger partial charge >= 0.3 is 5.97 Å². The third-order valence-electron chi connectivity index (χ3n) is 2.45. The number of carbonyl (C=O) groups excluding carboxylic acids is 1. The summed E-state index contributed by atoms with van der Waals surface area (Å²) < 4.78 is 10.6. The van der Waals surface area contributed by atoms with Crippen molar-refractivity contribution in [2.24, 2.45) is 0 Å². The van der Waals surface area contributed by atoms with Crippen molar-refractivity contribution in [3.63, 3.8) is 0 Å². The number of rotatable bonds is 6. The van der Waals surface area contributed by atoms with Crippen LogP contribution in [-0.2, 0) is 14.3 Å². The van der Waals surface area contributed by atoms with Crippen molar-refractivity contribution in [2.45, 2.75) is 52.1 Å². The highest BCUT2D eigenvalue weighted by atomic mass is 16.6. The van der Waals surface area contributed by atoms with Gasteiger partial charge in [0.15, 0.2) is 0 Å². The van der Waals surface area contributed by atoms with Gasteiger partial charge in [0.1, 0.15) is 11.9 Å². The van der Waals surface area contributed by atoms with Crippen LogP contribution in [0.1, 0.15) is 46.0 Å². The molecule has 1 aliphatic heterocycles. The van der Waals surface area contributed by atoms with E-state index >= 15 is 0 Å². The van der Waals surface area contributed by atoms with Crippen molar-refractivity contribution in [1.82, 2.24) is 0 Å². The van der Waals surface area contributed by atoms with Crippen molar-refractivity contribution in [3.8, 4) is 0 Å². The first-order valence-corrected chi connectivity index (χ1v) is 5.80. The van der Waals surface area contributed by atoms with E-state index in [4.69, 9.17) is 9.47 Å². The fourth-order valence-electron chi connectivity index (χ4n) is 1.72. The fourth-order valence-corrected chi connectivity index (χ4v) is 1.72. The topological polar surface area (TPSA) is 35.5 Å². The van der Waals surface area contributed by atoms with E-state index in [0.29, 0.717) is 6.61 Å². The van der Waals surface area contributed by atoms with Crippen LogP contribution in [0.2, 0.25) is 0 Å². The van der Waals surface area contributed by atoms with Crippen molar-refractivity contribution in [3.05, 3.63) is 11.8 Å². The largest absolute Gasteiger partial charge is 0.498 e. The maximum Gasteiger partial charge on any atom is 0.334 e. The SMILES string of the molecule is CCCCCC1CC(OCC)=CC(=O)O1. The molecule has 86 valence electrons. The molecule has 3 heteroatoms. The molecule has 1 heterocycles. The zero-order valence-corrected chi connectivity index (χ0v) is 9.62. The van der Waals surface area contributed by atoms with Crippen molar-refractivity contribution in [2.75, 3.05) is 6.61 Å². The lowest BCUT2D eigenvalue weighted by molar-refractivity contribution is -0.145. The van der Waals surface area contributed by atoms with Gasteiger partial charge in [0.2, 0.25) is 0 Å². The quantitative estimate of drug-likeness (QED) is 0.501. The van der Waals surface area contributed by atoms with Gasteiger partial charge < -0.3 is 9.47 Å². The smallest absolute Gasteiger partial charge is 0.334 e. The summed E-state index contributed by atoms with van der Waals surface area (Å²) in [7, 11) is 0. The zero-order chi connectivity index (χ0) is 11.1. The van der Waals surface area contributed by atoms with E-state index in [1.165, 1.54) is 18.9 Å². The molecule has 1 atom stereocenters. The molecule has 0 radical (unpaired) electrons. The minimum Gasteiger partial charge on any atom is -0.498 e. The van der Waals surface area contributed by atoms with Crippen molar-refractivity contribution < 1.29 is 14.3 Å². The highest BCUT2D eigenvalue weighted by Gasteiger charge is 2.21. The number of hydrogen-bond donors (Lipinski definition) is 0. The Labute approximate surface area is 91.4 Å². The van der Waals surface area contributed by atoms with Gasteiger partial charge in [-0.2, -0.15) is 0 Å². The molecule has 0 saturated heterocycles. The zero-order valence-electron chi connectivity index (χ0n) is 9.62. The second-order valence-electron chi connectivity index (χ2n) is 3.80. The lowest BCUT2D eigenvalue weighted by atomic mass is 10.1. The first-order chi connectivity index (χ1) is 7.26. The van der Waals surface area contributed by atoms with Gasteiger partial charge in [-0.05, 0) is 19.8 Å².